The molecular weight excluding hydrogens is 441 g/mol. The van der Waals surface area contributed by atoms with Gasteiger partial charge in [0.05, 0.1) is 24.7 Å². The topological polar surface area (TPSA) is 77.2 Å². The van der Waals surface area contributed by atoms with Crippen LogP contribution in [0.5, 0.6) is 0 Å². The highest BCUT2D eigenvalue weighted by molar-refractivity contribution is 14.1. The van der Waals surface area contributed by atoms with Crippen molar-refractivity contribution < 1.29 is 17.7 Å². The van der Waals surface area contributed by atoms with Crippen LogP contribution >= 0.6 is 34.2 Å². The summed E-state index contributed by atoms with van der Waals surface area (Å²) in [4.78, 5) is 12.7. The quantitative estimate of drug-likeness (QED) is 0.526. The third-order valence-electron chi connectivity index (χ3n) is 3.47. The average Bonchev–Trinajstić information content (AvgIpc) is 3.17. The van der Waals surface area contributed by atoms with Gasteiger partial charge in [-0.2, -0.15) is 0 Å². The highest BCUT2D eigenvalue weighted by Gasteiger charge is 2.33. The number of carbonyl (C=O) groups excluding carboxylic acids is 1. The lowest BCUT2D eigenvalue weighted by Gasteiger charge is -2.10. The molecule has 1 saturated carbocycles. The maximum absolute atomic E-state index is 12.8. The van der Waals surface area contributed by atoms with Gasteiger partial charge in [-0.15, -0.1) is 0 Å². The largest absolute Gasteiger partial charge is 0.364 e. The van der Waals surface area contributed by atoms with Crippen LogP contribution in [0.1, 0.15) is 40.4 Å². The van der Waals surface area contributed by atoms with Crippen molar-refractivity contribution in [1.29, 1.82) is 0 Å². The lowest BCUT2D eigenvalue weighted by molar-refractivity contribution is 0.103. The first kappa shape index (κ1) is 15.9. The number of sulfone groups is 1. The van der Waals surface area contributed by atoms with E-state index in [2.05, 4.69) is 5.16 Å². The first-order valence-electron chi connectivity index (χ1n) is 6.47. The Balaban J connectivity index is 2.18. The zero-order chi connectivity index (χ0) is 16.1. The van der Waals surface area contributed by atoms with Gasteiger partial charge in [0.2, 0.25) is 0 Å². The van der Waals surface area contributed by atoms with Gasteiger partial charge in [-0.25, -0.2) is 8.42 Å². The van der Waals surface area contributed by atoms with Gasteiger partial charge < -0.3 is 4.52 Å². The van der Waals surface area contributed by atoms with Gasteiger partial charge in [0.1, 0.15) is 6.26 Å². The number of hydrogen-bond donors (Lipinski definition) is 0. The Morgan fingerprint density at radius 3 is 2.64 bits per heavy atom. The standard InChI is InChI=1S/C14H11ClINO4S/c1-22(19,20)14-8(4-5-10(15)11(14)16)13(18)9-6-21-17-12(9)7-2-3-7/h4-7H,2-3H2,1H3. The molecule has 1 heterocycles. The summed E-state index contributed by atoms with van der Waals surface area (Å²) in [6.07, 6.45) is 4.27. The number of carbonyl (C=O) groups is 1. The van der Waals surface area contributed by atoms with Crippen molar-refractivity contribution in [1.82, 2.24) is 5.16 Å². The van der Waals surface area contributed by atoms with E-state index in [0.717, 1.165) is 19.1 Å². The van der Waals surface area contributed by atoms with Crippen molar-refractivity contribution in [2.75, 3.05) is 6.26 Å². The van der Waals surface area contributed by atoms with E-state index in [4.69, 9.17) is 16.1 Å². The molecule has 0 amide bonds. The van der Waals surface area contributed by atoms with Gasteiger partial charge in [0, 0.05) is 17.7 Å². The molecule has 3 rings (SSSR count). The number of ketones is 1. The summed E-state index contributed by atoms with van der Waals surface area (Å²) in [6.45, 7) is 0. The zero-order valence-electron chi connectivity index (χ0n) is 11.5. The summed E-state index contributed by atoms with van der Waals surface area (Å²) in [5.74, 6) is -0.177. The normalized spacial score (nSPS) is 15.0. The number of hydrogen-bond acceptors (Lipinski definition) is 5. The van der Waals surface area contributed by atoms with Crippen molar-refractivity contribution in [3.63, 3.8) is 0 Å². The Kier molecular flexibility index (Phi) is 4.07. The summed E-state index contributed by atoms with van der Waals surface area (Å²) in [6, 6.07) is 2.96. The van der Waals surface area contributed by atoms with Gasteiger partial charge in [-0.3, -0.25) is 4.79 Å². The van der Waals surface area contributed by atoms with Gasteiger partial charge in [-0.05, 0) is 47.6 Å². The molecule has 8 heteroatoms. The molecule has 0 N–H and O–H groups in total. The SMILES string of the molecule is CS(=O)(=O)c1c(C(=O)c2conc2C2CC2)ccc(Cl)c1I. The van der Waals surface area contributed by atoms with Gasteiger partial charge in [0.15, 0.2) is 15.6 Å². The lowest BCUT2D eigenvalue weighted by atomic mass is 10.0. The minimum absolute atomic E-state index is 0.0476. The Bertz CT molecular complexity index is 871. The minimum atomic E-state index is -3.60. The van der Waals surface area contributed by atoms with Crippen LogP contribution in [0.15, 0.2) is 27.8 Å². The average molecular weight is 452 g/mol. The van der Waals surface area contributed by atoms with Crippen LogP contribution < -0.4 is 0 Å². The van der Waals surface area contributed by atoms with E-state index >= 15 is 0 Å². The van der Waals surface area contributed by atoms with Crippen molar-refractivity contribution in [2.24, 2.45) is 0 Å². The second kappa shape index (κ2) is 5.61. The molecule has 0 bridgehead atoms. The lowest BCUT2D eigenvalue weighted by Crippen LogP contribution is -2.12. The van der Waals surface area contributed by atoms with E-state index in [9.17, 15) is 13.2 Å². The van der Waals surface area contributed by atoms with Crippen molar-refractivity contribution in [3.05, 3.63) is 43.8 Å². The van der Waals surface area contributed by atoms with Crippen molar-refractivity contribution >= 4 is 49.8 Å². The van der Waals surface area contributed by atoms with E-state index in [1.54, 1.807) is 0 Å². The molecule has 1 aliphatic carbocycles. The molecule has 2 aromatic rings. The Hall–Kier alpha value is -0.930. The molecule has 0 spiro atoms. The third kappa shape index (κ3) is 2.81. The highest BCUT2D eigenvalue weighted by Crippen LogP contribution is 2.41. The second-order valence-electron chi connectivity index (χ2n) is 5.23. The molecule has 1 aromatic carbocycles. The molecular formula is C14H11ClINO4S. The maximum Gasteiger partial charge on any atom is 0.199 e. The molecule has 0 aliphatic heterocycles. The van der Waals surface area contributed by atoms with E-state index in [-0.39, 0.29) is 16.4 Å². The molecule has 1 aromatic heterocycles. The van der Waals surface area contributed by atoms with Crippen LogP contribution in [-0.2, 0) is 9.84 Å². The summed E-state index contributed by atoms with van der Waals surface area (Å²) >= 11 is 7.84. The first-order chi connectivity index (χ1) is 10.3. The Labute approximate surface area is 146 Å². The molecule has 0 atom stereocenters. The fourth-order valence-corrected chi connectivity index (χ4v) is 5.16. The van der Waals surface area contributed by atoms with E-state index in [1.807, 2.05) is 22.6 Å². The van der Waals surface area contributed by atoms with Crippen LogP contribution in [0, 0.1) is 3.57 Å². The predicted molar refractivity (Wildman–Crippen MR) is 89.2 cm³/mol. The van der Waals surface area contributed by atoms with Gasteiger partial charge in [-0.1, -0.05) is 16.8 Å². The molecule has 116 valence electrons. The molecule has 5 nitrogen and oxygen atoms in total. The van der Waals surface area contributed by atoms with Gasteiger partial charge in [0.25, 0.3) is 0 Å². The number of nitrogens with zero attached hydrogens (tertiary/aromatic N) is 1. The van der Waals surface area contributed by atoms with Crippen molar-refractivity contribution in [2.45, 2.75) is 23.7 Å². The van der Waals surface area contributed by atoms with E-state index in [1.165, 1.54) is 18.4 Å². The number of benzene rings is 1. The molecule has 1 fully saturated rings. The van der Waals surface area contributed by atoms with Gasteiger partial charge >= 0.3 is 0 Å². The smallest absolute Gasteiger partial charge is 0.199 e. The zero-order valence-corrected chi connectivity index (χ0v) is 15.2. The first-order valence-corrected chi connectivity index (χ1v) is 9.82. The molecule has 0 radical (unpaired) electrons. The van der Waals surface area contributed by atoms with Crippen LogP contribution in [0.2, 0.25) is 5.02 Å². The van der Waals surface area contributed by atoms with Crippen molar-refractivity contribution in [3.8, 4) is 0 Å². The molecule has 0 saturated heterocycles. The number of rotatable bonds is 4. The van der Waals surface area contributed by atoms with E-state index in [0.29, 0.717) is 19.9 Å². The predicted octanol–water partition coefficient (Wildman–Crippen LogP) is 3.44. The van der Waals surface area contributed by atoms with Crippen LogP contribution in [0.25, 0.3) is 0 Å². The molecule has 1 aliphatic rings. The second-order valence-corrected chi connectivity index (χ2v) is 8.67. The van der Waals surface area contributed by atoms with E-state index < -0.39 is 15.6 Å². The Morgan fingerprint density at radius 1 is 1.36 bits per heavy atom. The van der Waals surface area contributed by atoms with Crippen LogP contribution in [-0.4, -0.2) is 25.6 Å². The number of aromatic nitrogens is 1. The molecule has 22 heavy (non-hydrogen) atoms. The highest BCUT2D eigenvalue weighted by atomic mass is 127. The Morgan fingerprint density at radius 2 is 2.05 bits per heavy atom. The minimum Gasteiger partial charge on any atom is -0.364 e. The summed E-state index contributed by atoms with van der Waals surface area (Å²) in [7, 11) is -3.60. The molecule has 0 unspecified atom stereocenters. The summed E-state index contributed by atoms with van der Waals surface area (Å²) < 4.78 is 29.4. The summed E-state index contributed by atoms with van der Waals surface area (Å²) in [5.41, 5.74) is 1.03. The fraction of sp³-hybridized carbons (Fsp3) is 0.286. The number of halogens is 2. The monoisotopic (exact) mass is 451 g/mol. The van der Waals surface area contributed by atoms with Crippen LogP contribution in [0.4, 0.5) is 0 Å². The summed E-state index contributed by atoms with van der Waals surface area (Å²) in [5, 5.41) is 4.18. The third-order valence-corrected chi connectivity index (χ3v) is 6.76. The maximum atomic E-state index is 12.8. The van der Waals surface area contributed by atoms with Crippen LogP contribution in [0.3, 0.4) is 0 Å². The fourth-order valence-electron chi connectivity index (χ4n) is 2.28.